The first-order chi connectivity index (χ1) is 16.0. The number of para-hydroxylation sites is 1. The maximum Gasteiger partial charge on any atom is 0.289 e. The van der Waals surface area contributed by atoms with E-state index in [1.165, 1.54) is 30.0 Å². The molecule has 33 heavy (non-hydrogen) atoms. The van der Waals surface area contributed by atoms with Crippen molar-refractivity contribution in [1.29, 1.82) is 0 Å². The van der Waals surface area contributed by atoms with Gasteiger partial charge in [0, 0.05) is 22.7 Å². The second kappa shape index (κ2) is 9.97. The molecule has 1 aromatic heterocycles. The summed E-state index contributed by atoms with van der Waals surface area (Å²) in [6, 6.07) is 19.8. The predicted octanol–water partition coefficient (Wildman–Crippen LogP) is 6.15. The number of benzene rings is 3. The molecule has 0 saturated carbocycles. The van der Waals surface area contributed by atoms with Gasteiger partial charge in [0.2, 0.25) is 5.91 Å². The largest absolute Gasteiger partial charge is 0.325 e. The Morgan fingerprint density at radius 3 is 2.61 bits per heavy atom. The Bertz CT molecular complexity index is 1350. The number of hydrogen-bond donors (Lipinski definition) is 1. The van der Waals surface area contributed by atoms with E-state index in [-0.39, 0.29) is 22.4 Å². The van der Waals surface area contributed by atoms with Crippen LogP contribution in [-0.4, -0.2) is 26.6 Å². The second-order valence-corrected chi connectivity index (χ2v) is 8.52. The fraction of sp³-hybridized carbons (Fsp3) is 0.125. The molecule has 1 amide bonds. The number of aromatic nitrogens is 2. The monoisotopic (exact) mass is 478 g/mol. The molecule has 0 bridgehead atoms. The molecule has 0 fully saturated rings. The number of nitrogens with one attached hydrogen (secondary N) is 1. The third-order valence-electron chi connectivity index (χ3n) is 4.95. The van der Waals surface area contributed by atoms with Gasteiger partial charge >= 0.3 is 0 Å². The van der Waals surface area contributed by atoms with Crippen molar-refractivity contribution in [2.75, 3.05) is 11.1 Å². The van der Waals surface area contributed by atoms with Gasteiger partial charge in [-0.3, -0.25) is 14.9 Å². The van der Waals surface area contributed by atoms with Crippen LogP contribution in [0.15, 0.2) is 71.8 Å². The van der Waals surface area contributed by atoms with Crippen LogP contribution >= 0.6 is 23.4 Å². The number of hydrogen-bond acceptors (Lipinski definition) is 6. The van der Waals surface area contributed by atoms with Gasteiger partial charge in [0.1, 0.15) is 10.0 Å². The summed E-state index contributed by atoms with van der Waals surface area (Å²) < 4.78 is 0. The van der Waals surface area contributed by atoms with Gasteiger partial charge in [-0.15, -0.1) is 0 Å². The summed E-state index contributed by atoms with van der Waals surface area (Å²) in [7, 11) is 0. The van der Waals surface area contributed by atoms with E-state index < -0.39 is 4.92 Å². The van der Waals surface area contributed by atoms with Gasteiger partial charge in [0.25, 0.3) is 5.69 Å². The number of nitrogens with zero attached hydrogens (tertiary/aromatic N) is 3. The average molecular weight is 479 g/mol. The lowest BCUT2D eigenvalue weighted by Gasteiger charge is -2.11. The molecule has 0 saturated heterocycles. The number of halogens is 1. The quantitative estimate of drug-likeness (QED) is 0.148. The minimum absolute atomic E-state index is 0.0139. The standard InChI is InChI=1S/C24H19ClN4O3S/c1-2-15-9-6-10-18-22(15)27-23(16-7-4-3-5-8-16)28-24(18)33-14-21(30)26-17-11-12-19(25)20(13-17)29(31)32/h3-13H,2,14H2,1H3,(H,26,30). The summed E-state index contributed by atoms with van der Waals surface area (Å²) >= 11 is 7.14. The van der Waals surface area contributed by atoms with Gasteiger partial charge in [-0.05, 0) is 24.1 Å². The van der Waals surface area contributed by atoms with E-state index in [9.17, 15) is 14.9 Å². The van der Waals surface area contributed by atoms with E-state index in [2.05, 4.69) is 12.2 Å². The van der Waals surface area contributed by atoms with Gasteiger partial charge < -0.3 is 5.32 Å². The Labute approximate surface area is 199 Å². The maximum absolute atomic E-state index is 12.6. The Balaban J connectivity index is 1.61. The third kappa shape index (κ3) is 5.13. The molecular weight excluding hydrogens is 460 g/mol. The number of anilines is 1. The first-order valence-corrected chi connectivity index (χ1v) is 11.5. The molecule has 0 unspecified atom stereocenters. The van der Waals surface area contributed by atoms with Crippen molar-refractivity contribution in [1.82, 2.24) is 9.97 Å². The molecule has 0 aliphatic carbocycles. The first kappa shape index (κ1) is 22.7. The van der Waals surface area contributed by atoms with Crippen molar-refractivity contribution in [2.45, 2.75) is 18.4 Å². The smallest absolute Gasteiger partial charge is 0.289 e. The average Bonchev–Trinajstić information content (AvgIpc) is 2.83. The van der Waals surface area contributed by atoms with Crippen LogP contribution in [-0.2, 0) is 11.2 Å². The molecule has 7 nitrogen and oxygen atoms in total. The molecule has 0 aliphatic heterocycles. The van der Waals surface area contributed by atoms with Gasteiger partial charge in [0.15, 0.2) is 5.82 Å². The minimum Gasteiger partial charge on any atom is -0.325 e. The van der Waals surface area contributed by atoms with Gasteiger partial charge in [-0.25, -0.2) is 9.97 Å². The van der Waals surface area contributed by atoms with Crippen molar-refractivity contribution < 1.29 is 9.72 Å². The fourth-order valence-electron chi connectivity index (χ4n) is 3.36. The van der Waals surface area contributed by atoms with Crippen LogP contribution in [0.5, 0.6) is 0 Å². The van der Waals surface area contributed by atoms with E-state index in [0.717, 1.165) is 28.5 Å². The Kier molecular flexibility index (Phi) is 6.86. The number of carbonyl (C=O) groups excluding carboxylic acids is 1. The van der Waals surface area contributed by atoms with Crippen LogP contribution in [0.25, 0.3) is 22.3 Å². The van der Waals surface area contributed by atoms with Crippen molar-refractivity contribution in [3.05, 3.63) is 87.4 Å². The molecule has 1 heterocycles. The number of nitro groups is 1. The van der Waals surface area contributed by atoms with Gasteiger partial charge in [0.05, 0.1) is 16.2 Å². The highest BCUT2D eigenvalue weighted by molar-refractivity contribution is 8.00. The molecule has 0 spiro atoms. The van der Waals surface area contributed by atoms with Crippen LogP contribution in [0.1, 0.15) is 12.5 Å². The molecule has 4 aromatic rings. The molecule has 0 aliphatic rings. The summed E-state index contributed by atoms with van der Waals surface area (Å²) in [5.41, 5.74) is 2.91. The number of nitro benzene ring substituents is 1. The lowest BCUT2D eigenvalue weighted by atomic mass is 10.1. The lowest BCUT2D eigenvalue weighted by molar-refractivity contribution is -0.384. The number of rotatable bonds is 7. The second-order valence-electron chi connectivity index (χ2n) is 7.15. The summed E-state index contributed by atoms with van der Waals surface area (Å²) in [5, 5.41) is 15.4. The molecule has 0 atom stereocenters. The molecule has 3 aromatic carbocycles. The maximum atomic E-state index is 12.6. The number of amides is 1. The molecule has 0 radical (unpaired) electrons. The van der Waals surface area contributed by atoms with Crippen LogP contribution in [0, 0.1) is 10.1 Å². The van der Waals surface area contributed by atoms with Crippen LogP contribution < -0.4 is 5.32 Å². The van der Waals surface area contributed by atoms with Crippen molar-refractivity contribution in [2.24, 2.45) is 0 Å². The number of fused-ring (bicyclic) bond motifs is 1. The highest BCUT2D eigenvalue weighted by Gasteiger charge is 2.16. The van der Waals surface area contributed by atoms with E-state index in [1.54, 1.807) is 0 Å². The summed E-state index contributed by atoms with van der Waals surface area (Å²) in [4.78, 5) is 32.6. The molecule has 9 heteroatoms. The lowest BCUT2D eigenvalue weighted by Crippen LogP contribution is -2.14. The summed E-state index contributed by atoms with van der Waals surface area (Å²) in [6.07, 6.45) is 0.822. The van der Waals surface area contributed by atoms with Crippen molar-refractivity contribution in [3.63, 3.8) is 0 Å². The Hall–Kier alpha value is -3.49. The van der Waals surface area contributed by atoms with Gasteiger partial charge in [-0.1, -0.05) is 78.8 Å². The van der Waals surface area contributed by atoms with Gasteiger partial charge in [-0.2, -0.15) is 0 Å². The number of aryl methyl sites for hydroxylation is 1. The topological polar surface area (TPSA) is 98.0 Å². The van der Waals surface area contributed by atoms with E-state index in [0.29, 0.717) is 16.5 Å². The minimum atomic E-state index is -0.587. The zero-order chi connectivity index (χ0) is 23.4. The number of carbonyl (C=O) groups is 1. The van der Waals surface area contributed by atoms with Crippen molar-refractivity contribution >= 4 is 51.5 Å². The zero-order valence-electron chi connectivity index (χ0n) is 17.6. The SMILES string of the molecule is CCc1cccc2c(SCC(=O)Nc3ccc(Cl)c([N+](=O)[O-])c3)nc(-c3ccccc3)nc12. The molecule has 4 rings (SSSR count). The Morgan fingerprint density at radius 2 is 1.88 bits per heavy atom. The molecular formula is C24H19ClN4O3S. The van der Waals surface area contributed by atoms with E-state index in [1.807, 2.05) is 48.5 Å². The predicted molar refractivity (Wildman–Crippen MR) is 132 cm³/mol. The normalized spacial score (nSPS) is 10.8. The highest BCUT2D eigenvalue weighted by atomic mass is 35.5. The van der Waals surface area contributed by atoms with E-state index in [4.69, 9.17) is 21.6 Å². The summed E-state index contributed by atoms with van der Waals surface area (Å²) in [5.74, 6) is 0.365. The van der Waals surface area contributed by atoms with Crippen LogP contribution in [0.3, 0.4) is 0 Å². The molecule has 1 N–H and O–H groups in total. The third-order valence-corrected chi connectivity index (χ3v) is 6.27. The first-order valence-electron chi connectivity index (χ1n) is 10.2. The zero-order valence-corrected chi connectivity index (χ0v) is 19.2. The fourth-order valence-corrected chi connectivity index (χ4v) is 4.35. The molecule has 166 valence electrons. The van der Waals surface area contributed by atoms with Crippen LogP contribution in [0.2, 0.25) is 5.02 Å². The summed E-state index contributed by atoms with van der Waals surface area (Å²) in [6.45, 7) is 2.07. The van der Waals surface area contributed by atoms with E-state index >= 15 is 0 Å². The number of thioether (sulfide) groups is 1. The van der Waals surface area contributed by atoms with Crippen molar-refractivity contribution in [3.8, 4) is 11.4 Å². The highest BCUT2D eigenvalue weighted by Crippen LogP contribution is 2.31. The van der Waals surface area contributed by atoms with Crippen LogP contribution in [0.4, 0.5) is 11.4 Å². The Morgan fingerprint density at radius 1 is 1.09 bits per heavy atom.